The van der Waals surface area contributed by atoms with Gasteiger partial charge in [-0.05, 0) is 56.2 Å². The third kappa shape index (κ3) is 4.41. The zero-order chi connectivity index (χ0) is 20.3. The van der Waals surface area contributed by atoms with Crippen molar-refractivity contribution in [1.82, 2.24) is 0 Å². The van der Waals surface area contributed by atoms with Crippen LogP contribution in [0.15, 0.2) is 63.0 Å². The molecular weight excluding hydrogens is 416 g/mol. The highest BCUT2D eigenvalue weighted by molar-refractivity contribution is 9.10. The van der Waals surface area contributed by atoms with Gasteiger partial charge in [0, 0.05) is 21.8 Å². The van der Waals surface area contributed by atoms with Gasteiger partial charge in [0.15, 0.2) is 0 Å². The lowest BCUT2D eigenvalue weighted by atomic mass is 10.0. The Bertz CT molecular complexity index is 1080. The van der Waals surface area contributed by atoms with Crippen LogP contribution in [0.1, 0.15) is 22.5 Å². The Morgan fingerprint density at radius 1 is 1.07 bits per heavy atom. The zero-order valence-electron chi connectivity index (χ0n) is 15.8. The van der Waals surface area contributed by atoms with Gasteiger partial charge in [-0.15, -0.1) is 0 Å². The van der Waals surface area contributed by atoms with Gasteiger partial charge in [-0.1, -0.05) is 45.8 Å². The summed E-state index contributed by atoms with van der Waals surface area (Å²) in [6, 6.07) is 17.2. The summed E-state index contributed by atoms with van der Waals surface area (Å²) in [5.41, 5.74) is 4.66. The number of carbonyl (C=O) groups excluding carboxylic acids is 1. The molecule has 1 N–H and O–H groups in total. The number of carbonyl (C=O) groups is 1. The van der Waals surface area contributed by atoms with E-state index in [1.807, 2.05) is 69.3 Å². The molecule has 4 nitrogen and oxygen atoms in total. The molecule has 0 aliphatic heterocycles. The molecule has 0 aliphatic carbocycles. The molecule has 0 spiro atoms. The molecule has 2 aromatic carbocycles. The molecule has 1 amide bonds. The third-order valence-corrected chi connectivity index (χ3v) is 4.85. The molecule has 1 aromatic heterocycles. The first kappa shape index (κ1) is 19.7. The van der Waals surface area contributed by atoms with Crippen molar-refractivity contribution in [2.45, 2.75) is 20.8 Å². The van der Waals surface area contributed by atoms with E-state index in [9.17, 15) is 10.1 Å². The number of hydrogen-bond donors (Lipinski definition) is 1. The van der Waals surface area contributed by atoms with Gasteiger partial charge in [-0.2, -0.15) is 5.26 Å². The van der Waals surface area contributed by atoms with Crippen LogP contribution >= 0.6 is 15.9 Å². The van der Waals surface area contributed by atoms with Gasteiger partial charge >= 0.3 is 0 Å². The average molecular weight is 435 g/mol. The number of benzene rings is 2. The van der Waals surface area contributed by atoms with E-state index in [-0.39, 0.29) is 5.57 Å². The van der Waals surface area contributed by atoms with Crippen LogP contribution in [0.2, 0.25) is 0 Å². The SMILES string of the molecule is Cc1cc(C)c(NC(=O)/C(C#N)=C\c2ccc(-c3ccc(Br)cc3)o2)c(C)c1. The van der Waals surface area contributed by atoms with Crippen LogP contribution in [-0.2, 0) is 4.79 Å². The fraction of sp³-hybridized carbons (Fsp3) is 0.130. The first-order valence-electron chi connectivity index (χ1n) is 8.74. The van der Waals surface area contributed by atoms with Gasteiger partial charge in [0.25, 0.3) is 5.91 Å². The first-order chi connectivity index (χ1) is 13.4. The van der Waals surface area contributed by atoms with Crippen molar-refractivity contribution >= 4 is 33.6 Å². The Morgan fingerprint density at radius 2 is 1.71 bits per heavy atom. The predicted octanol–water partition coefficient (Wildman–Crippen LogP) is 6.18. The molecule has 0 saturated heterocycles. The maximum atomic E-state index is 12.6. The Morgan fingerprint density at radius 3 is 2.32 bits per heavy atom. The fourth-order valence-electron chi connectivity index (χ4n) is 3.05. The molecule has 28 heavy (non-hydrogen) atoms. The van der Waals surface area contributed by atoms with E-state index in [0.717, 1.165) is 32.4 Å². The van der Waals surface area contributed by atoms with Crippen LogP contribution in [0.25, 0.3) is 17.4 Å². The summed E-state index contributed by atoms with van der Waals surface area (Å²) in [6.45, 7) is 5.87. The van der Waals surface area contributed by atoms with E-state index in [1.165, 1.54) is 6.08 Å². The van der Waals surface area contributed by atoms with Gasteiger partial charge in [0.1, 0.15) is 23.2 Å². The van der Waals surface area contributed by atoms with Crippen LogP contribution in [0.5, 0.6) is 0 Å². The van der Waals surface area contributed by atoms with Crippen molar-refractivity contribution in [3.8, 4) is 17.4 Å². The lowest BCUT2D eigenvalue weighted by molar-refractivity contribution is -0.112. The molecule has 1 heterocycles. The molecule has 0 unspecified atom stereocenters. The molecule has 0 bridgehead atoms. The summed E-state index contributed by atoms with van der Waals surface area (Å²) in [5, 5.41) is 12.3. The van der Waals surface area contributed by atoms with Crippen LogP contribution < -0.4 is 5.32 Å². The third-order valence-electron chi connectivity index (χ3n) is 4.32. The molecule has 0 radical (unpaired) electrons. The second-order valence-corrected chi connectivity index (χ2v) is 7.52. The Hall–Kier alpha value is -3.10. The van der Waals surface area contributed by atoms with E-state index in [2.05, 4.69) is 21.2 Å². The lowest BCUT2D eigenvalue weighted by Crippen LogP contribution is -2.15. The largest absolute Gasteiger partial charge is 0.457 e. The predicted molar refractivity (Wildman–Crippen MR) is 115 cm³/mol. The molecule has 3 rings (SSSR count). The summed E-state index contributed by atoms with van der Waals surface area (Å²) in [6.07, 6.45) is 1.45. The number of furan rings is 1. The summed E-state index contributed by atoms with van der Waals surface area (Å²) in [4.78, 5) is 12.6. The van der Waals surface area contributed by atoms with Crippen LogP contribution in [0.3, 0.4) is 0 Å². The molecule has 5 heteroatoms. The summed E-state index contributed by atoms with van der Waals surface area (Å²) in [7, 11) is 0. The minimum absolute atomic E-state index is 0.0175. The van der Waals surface area contributed by atoms with E-state index < -0.39 is 5.91 Å². The van der Waals surface area contributed by atoms with E-state index in [1.54, 1.807) is 6.07 Å². The van der Waals surface area contributed by atoms with E-state index in [4.69, 9.17) is 4.42 Å². The fourth-order valence-corrected chi connectivity index (χ4v) is 3.31. The molecule has 0 fully saturated rings. The van der Waals surface area contributed by atoms with Crippen molar-refractivity contribution in [1.29, 1.82) is 5.26 Å². The minimum Gasteiger partial charge on any atom is -0.457 e. The number of aryl methyl sites for hydroxylation is 3. The summed E-state index contributed by atoms with van der Waals surface area (Å²) >= 11 is 3.40. The first-order valence-corrected chi connectivity index (χ1v) is 9.53. The van der Waals surface area contributed by atoms with Gasteiger partial charge in [-0.3, -0.25) is 4.79 Å². The number of anilines is 1. The normalized spacial score (nSPS) is 11.2. The van der Waals surface area contributed by atoms with Crippen molar-refractivity contribution in [2.24, 2.45) is 0 Å². The van der Waals surface area contributed by atoms with Crippen LogP contribution in [0.4, 0.5) is 5.69 Å². The number of hydrogen-bond acceptors (Lipinski definition) is 3. The molecular formula is C23H19BrN2O2. The second-order valence-electron chi connectivity index (χ2n) is 6.61. The number of halogens is 1. The number of rotatable bonds is 4. The monoisotopic (exact) mass is 434 g/mol. The van der Waals surface area contributed by atoms with Crippen LogP contribution in [0, 0.1) is 32.1 Å². The molecule has 0 aliphatic rings. The second kappa shape index (κ2) is 8.28. The van der Waals surface area contributed by atoms with Gasteiger partial charge < -0.3 is 9.73 Å². The number of nitrogens with zero attached hydrogens (tertiary/aromatic N) is 1. The topological polar surface area (TPSA) is 66.0 Å². The van der Waals surface area contributed by atoms with E-state index >= 15 is 0 Å². The average Bonchev–Trinajstić information content (AvgIpc) is 3.11. The Labute approximate surface area is 172 Å². The zero-order valence-corrected chi connectivity index (χ0v) is 17.4. The highest BCUT2D eigenvalue weighted by atomic mass is 79.9. The Kier molecular flexibility index (Phi) is 5.81. The van der Waals surface area contributed by atoms with Crippen molar-refractivity contribution in [2.75, 3.05) is 5.32 Å². The quantitative estimate of drug-likeness (QED) is 0.393. The molecule has 140 valence electrons. The highest BCUT2D eigenvalue weighted by Crippen LogP contribution is 2.26. The smallest absolute Gasteiger partial charge is 0.266 e. The van der Waals surface area contributed by atoms with Gasteiger partial charge in [0.05, 0.1) is 0 Å². The summed E-state index contributed by atoms with van der Waals surface area (Å²) in [5.74, 6) is 0.655. The van der Waals surface area contributed by atoms with Crippen molar-refractivity contribution < 1.29 is 9.21 Å². The van der Waals surface area contributed by atoms with Gasteiger partial charge in [0.2, 0.25) is 0 Å². The van der Waals surface area contributed by atoms with Crippen molar-refractivity contribution in [3.63, 3.8) is 0 Å². The molecule has 3 aromatic rings. The summed E-state index contributed by atoms with van der Waals surface area (Å²) < 4.78 is 6.76. The highest BCUT2D eigenvalue weighted by Gasteiger charge is 2.14. The van der Waals surface area contributed by atoms with Crippen molar-refractivity contribution in [3.05, 3.63) is 81.0 Å². The standard InChI is InChI=1S/C23H19BrN2O2/c1-14-10-15(2)22(16(3)11-14)26-23(27)18(13-25)12-20-8-9-21(28-20)17-4-6-19(24)7-5-17/h4-12H,1-3H3,(H,26,27)/b18-12-. The van der Waals surface area contributed by atoms with Crippen LogP contribution in [-0.4, -0.2) is 5.91 Å². The maximum absolute atomic E-state index is 12.6. The van der Waals surface area contributed by atoms with Gasteiger partial charge in [-0.25, -0.2) is 0 Å². The number of amides is 1. The molecule has 0 saturated carbocycles. The number of nitriles is 1. The molecule has 0 atom stereocenters. The maximum Gasteiger partial charge on any atom is 0.266 e. The Balaban J connectivity index is 1.84. The lowest BCUT2D eigenvalue weighted by Gasteiger charge is -2.12. The van der Waals surface area contributed by atoms with E-state index in [0.29, 0.717) is 11.5 Å². The number of nitrogens with one attached hydrogen (secondary N) is 1. The minimum atomic E-state index is -0.459.